The third kappa shape index (κ3) is 2.94. The van der Waals surface area contributed by atoms with Gasteiger partial charge in [0.2, 0.25) is 0 Å². The summed E-state index contributed by atoms with van der Waals surface area (Å²) in [5.41, 5.74) is 1.15. The van der Waals surface area contributed by atoms with Gasteiger partial charge in [-0.3, -0.25) is 0 Å². The van der Waals surface area contributed by atoms with E-state index in [1.165, 1.54) is 4.90 Å². The van der Waals surface area contributed by atoms with Crippen molar-refractivity contribution in [2.75, 3.05) is 14.2 Å². The van der Waals surface area contributed by atoms with E-state index in [0.717, 1.165) is 5.56 Å². The van der Waals surface area contributed by atoms with Crippen LogP contribution in [0, 0.1) is 0 Å². The number of hydrogen-bond donors (Lipinski definition) is 2. The number of hydrogen-bond acceptors (Lipinski definition) is 5. The number of nitrogens with zero attached hydrogens (tertiary/aromatic N) is 1. The predicted molar refractivity (Wildman–Crippen MR) is 85.0 cm³/mol. The molecule has 1 heterocycles. The Bertz CT molecular complexity index is 553. The number of aliphatic hydroxyl groups excluding tert-OH is 1. The van der Waals surface area contributed by atoms with Crippen molar-refractivity contribution in [3.05, 3.63) is 35.9 Å². The molecule has 1 aromatic carbocycles. The normalized spacial score (nSPS) is 34.9. The number of amides is 1. The van der Waals surface area contributed by atoms with Crippen molar-refractivity contribution in [2.45, 2.75) is 49.8 Å². The summed E-state index contributed by atoms with van der Waals surface area (Å²) in [6.45, 7) is 2.06. The van der Waals surface area contributed by atoms with Gasteiger partial charge in [-0.05, 0) is 18.9 Å². The molecular weight excluding hydrogens is 296 g/mol. The van der Waals surface area contributed by atoms with Crippen LogP contribution in [0.3, 0.4) is 0 Å². The summed E-state index contributed by atoms with van der Waals surface area (Å²) in [6, 6.07) is 9.70. The van der Waals surface area contributed by atoms with E-state index in [1.807, 2.05) is 30.3 Å². The van der Waals surface area contributed by atoms with Gasteiger partial charge in [0.05, 0.1) is 6.10 Å². The number of rotatable bonds is 4. The summed E-state index contributed by atoms with van der Waals surface area (Å²) in [4.78, 5) is 13.3. The van der Waals surface area contributed by atoms with E-state index in [-0.39, 0.29) is 24.2 Å². The molecule has 0 bridgehead atoms. The van der Waals surface area contributed by atoms with Crippen LogP contribution in [-0.2, 0) is 9.47 Å². The van der Waals surface area contributed by atoms with E-state index >= 15 is 0 Å². The summed E-state index contributed by atoms with van der Waals surface area (Å²) in [6.07, 6.45) is -1.27. The van der Waals surface area contributed by atoms with E-state index in [4.69, 9.17) is 9.47 Å². The standard InChI is InChI=1S/C17H24N2O4/c1-10(11-7-5-4-6-8-11)18-12-9-13(22-3)14-16(15(12)20)23-17(21)19(14)2/h4-8,10,12-16,18,20H,9H2,1-3H3/t10-,12-,13-,14+,15+,16+/m0/s1. The highest BCUT2D eigenvalue weighted by Gasteiger charge is 2.54. The van der Waals surface area contributed by atoms with Crippen molar-refractivity contribution in [1.82, 2.24) is 10.2 Å². The fraction of sp³-hybridized carbons (Fsp3) is 0.588. The van der Waals surface area contributed by atoms with Crippen LogP contribution in [-0.4, -0.2) is 60.7 Å². The lowest BCUT2D eigenvalue weighted by Crippen LogP contribution is -2.61. The Morgan fingerprint density at radius 3 is 2.74 bits per heavy atom. The highest BCUT2D eigenvalue weighted by atomic mass is 16.6. The third-order valence-corrected chi connectivity index (χ3v) is 4.99. The average molecular weight is 320 g/mol. The fourth-order valence-corrected chi connectivity index (χ4v) is 3.66. The molecule has 1 aromatic rings. The zero-order chi connectivity index (χ0) is 16.6. The number of methoxy groups -OCH3 is 1. The van der Waals surface area contributed by atoms with Crippen molar-refractivity contribution >= 4 is 6.09 Å². The minimum atomic E-state index is -0.758. The van der Waals surface area contributed by atoms with E-state index < -0.39 is 18.3 Å². The number of benzene rings is 1. The Labute approximate surface area is 136 Å². The largest absolute Gasteiger partial charge is 0.441 e. The highest BCUT2D eigenvalue weighted by molar-refractivity contribution is 5.70. The van der Waals surface area contributed by atoms with Crippen LogP contribution in [0.2, 0.25) is 0 Å². The number of fused-ring (bicyclic) bond motifs is 1. The van der Waals surface area contributed by atoms with E-state index in [2.05, 4.69) is 12.2 Å². The molecule has 1 aliphatic heterocycles. The quantitative estimate of drug-likeness (QED) is 0.875. The first-order valence-corrected chi connectivity index (χ1v) is 7.98. The first-order valence-electron chi connectivity index (χ1n) is 7.98. The molecule has 3 rings (SSSR count). The molecule has 0 radical (unpaired) electrons. The van der Waals surface area contributed by atoms with Crippen LogP contribution in [0.1, 0.15) is 24.9 Å². The summed E-state index contributed by atoms with van der Waals surface area (Å²) >= 11 is 0. The summed E-state index contributed by atoms with van der Waals surface area (Å²) in [5.74, 6) is 0. The van der Waals surface area contributed by atoms with Gasteiger partial charge in [-0.2, -0.15) is 0 Å². The fourth-order valence-electron chi connectivity index (χ4n) is 3.66. The Morgan fingerprint density at radius 1 is 1.39 bits per heavy atom. The molecule has 6 heteroatoms. The second-order valence-electron chi connectivity index (χ2n) is 6.36. The maximum absolute atomic E-state index is 11.8. The zero-order valence-corrected chi connectivity index (χ0v) is 13.7. The second kappa shape index (κ2) is 6.47. The topological polar surface area (TPSA) is 71.0 Å². The van der Waals surface area contributed by atoms with Crippen LogP contribution in [0.5, 0.6) is 0 Å². The van der Waals surface area contributed by atoms with Gasteiger partial charge in [-0.1, -0.05) is 30.3 Å². The van der Waals surface area contributed by atoms with Gasteiger partial charge in [-0.15, -0.1) is 0 Å². The lowest BCUT2D eigenvalue weighted by Gasteiger charge is -2.42. The molecule has 1 amide bonds. The molecule has 0 spiro atoms. The van der Waals surface area contributed by atoms with Crippen LogP contribution >= 0.6 is 0 Å². The van der Waals surface area contributed by atoms with E-state index in [1.54, 1.807) is 14.2 Å². The van der Waals surface area contributed by atoms with Crippen molar-refractivity contribution in [3.8, 4) is 0 Å². The molecule has 6 nitrogen and oxygen atoms in total. The van der Waals surface area contributed by atoms with Crippen LogP contribution < -0.4 is 5.32 Å². The van der Waals surface area contributed by atoms with E-state index in [9.17, 15) is 9.90 Å². The van der Waals surface area contributed by atoms with Gasteiger partial charge in [0.1, 0.15) is 12.1 Å². The lowest BCUT2D eigenvalue weighted by molar-refractivity contribution is -0.0861. The number of aliphatic hydroxyl groups is 1. The number of carbonyl (C=O) groups excluding carboxylic acids is 1. The molecule has 2 fully saturated rings. The van der Waals surface area contributed by atoms with Gasteiger partial charge >= 0.3 is 6.09 Å². The predicted octanol–water partition coefficient (Wildman–Crippen LogP) is 1.30. The molecule has 6 atom stereocenters. The number of ether oxygens (including phenoxy) is 2. The molecule has 1 saturated carbocycles. The summed E-state index contributed by atoms with van der Waals surface area (Å²) in [5, 5.41) is 14.1. The number of likely N-dealkylation sites (N-methyl/N-ethyl adjacent to an activating group) is 1. The van der Waals surface area contributed by atoms with Gasteiger partial charge in [0.15, 0.2) is 6.10 Å². The van der Waals surface area contributed by atoms with Crippen molar-refractivity contribution < 1.29 is 19.4 Å². The van der Waals surface area contributed by atoms with E-state index in [0.29, 0.717) is 6.42 Å². The molecule has 1 aliphatic carbocycles. The molecule has 23 heavy (non-hydrogen) atoms. The van der Waals surface area contributed by atoms with Crippen molar-refractivity contribution in [2.24, 2.45) is 0 Å². The smallest absolute Gasteiger partial charge is 0.410 e. The van der Waals surface area contributed by atoms with Crippen molar-refractivity contribution in [3.63, 3.8) is 0 Å². The van der Waals surface area contributed by atoms with Crippen LogP contribution in [0.15, 0.2) is 30.3 Å². The number of carbonyl (C=O) groups is 1. The first kappa shape index (κ1) is 16.2. The third-order valence-electron chi connectivity index (χ3n) is 4.99. The van der Waals surface area contributed by atoms with Crippen LogP contribution in [0.4, 0.5) is 4.79 Å². The zero-order valence-electron chi connectivity index (χ0n) is 13.7. The highest BCUT2D eigenvalue weighted by Crippen LogP contribution is 2.34. The molecule has 0 unspecified atom stereocenters. The Kier molecular flexibility index (Phi) is 4.57. The minimum Gasteiger partial charge on any atom is -0.441 e. The molecule has 126 valence electrons. The molecule has 0 aromatic heterocycles. The molecule has 2 aliphatic rings. The molecular formula is C17H24N2O4. The first-order chi connectivity index (χ1) is 11.0. The maximum Gasteiger partial charge on any atom is 0.410 e. The summed E-state index contributed by atoms with van der Waals surface area (Å²) < 4.78 is 10.9. The van der Waals surface area contributed by atoms with Gasteiger partial charge < -0.3 is 24.8 Å². The molecule has 2 N–H and O–H groups in total. The Balaban J connectivity index is 1.75. The van der Waals surface area contributed by atoms with Gasteiger partial charge in [0.25, 0.3) is 0 Å². The van der Waals surface area contributed by atoms with Gasteiger partial charge in [-0.25, -0.2) is 4.79 Å². The average Bonchev–Trinajstić information content (AvgIpc) is 2.87. The maximum atomic E-state index is 11.8. The minimum absolute atomic E-state index is 0.0831. The Morgan fingerprint density at radius 2 is 2.09 bits per heavy atom. The lowest BCUT2D eigenvalue weighted by atomic mass is 9.83. The Hall–Kier alpha value is -1.63. The summed E-state index contributed by atoms with van der Waals surface area (Å²) in [7, 11) is 3.32. The van der Waals surface area contributed by atoms with Crippen molar-refractivity contribution in [1.29, 1.82) is 0 Å². The van der Waals surface area contributed by atoms with Crippen LogP contribution in [0.25, 0.3) is 0 Å². The second-order valence-corrected chi connectivity index (χ2v) is 6.36. The number of nitrogens with one attached hydrogen (secondary N) is 1. The molecule has 1 saturated heterocycles. The van der Waals surface area contributed by atoms with Gasteiger partial charge in [0, 0.05) is 26.2 Å². The SMILES string of the molecule is CO[C@H]1C[C@H](N[C@@H](C)c2ccccc2)[C@@H](O)[C@@H]2OC(=O)N(C)[C@@H]21. The monoisotopic (exact) mass is 320 g/mol.